The first-order valence-corrected chi connectivity index (χ1v) is 7.05. The van der Waals surface area contributed by atoms with E-state index >= 15 is 0 Å². The topological polar surface area (TPSA) is 56.3 Å². The molecule has 0 bridgehead atoms. The Balaban J connectivity index is 1.75. The molecule has 1 heterocycles. The minimum Gasteiger partial charge on any atom is -0.491 e. The van der Waals surface area contributed by atoms with Gasteiger partial charge in [0.15, 0.2) is 0 Å². The predicted octanol–water partition coefficient (Wildman–Crippen LogP) is 3.40. The summed E-state index contributed by atoms with van der Waals surface area (Å²) in [5, 5.41) is 4.30. The number of hydrogen-bond acceptors (Lipinski definition) is 5. The number of nitrogens with zero attached hydrogens (tertiary/aromatic N) is 2. The Morgan fingerprint density at radius 2 is 1.77 bits per heavy atom. The van der Waals surface area contributed by atoms with Crippen LogP contribution in [0, 0.1) is 0 Å². The van der Waals surface area contributed by atoms with Crippen molar-refractivity contribution in [3.05, 3.63) is 54.9 Å². The van der Waals surface area contributed by atoms with Crippen LogP contribution in [0.25, 0.3) is 10.9 Å². The molecule has 0 radical (unpaired) electrons. The first-order valence-electron chi connectivity index (χ1n) is 7.05. The first kappa shape index (κ1) is 14.3. The minimum atomic E-state index is 0.541. The second-order valence-corrected chi connectivity index (χ2v) is 4.73. The van der Waals surface area contributed by atoms with Crippen LogP contribution < -0.4 is 10.1 Å². The number of para-hydroxylation sites is 1. The molecule has 3 aromatic rings. The Bertz CT molecular complexity index is 739. The Labute approximate surface area is 128 Å². The van der Waals surface area contributed by atoms with Gasteiger partial charge in [0.25, 0.3) is 0 Å². The Morgan fingerprint density at radius 3 is 2.59 bits per heavy atom. The van der Waals surface area contributed by atoms with E-state index in [0.29, 0.717) is 13.2 Å². The summed E-state index contributed by atoms with van der Waals surface area (Å²) in [5.74, 6) is 1.61. The molecule has 0 saturated carbocycles. The summed E-state index contributed by atoms with van der Waals surface area (Å²) in [6.07, 6.45) is 1.56. The number of ether oxygens (including phenoxy) is 2. The fourth-order valence-corrected chi connectivity index (χ4v) is 2.12. The zero-order chi connectivity index (χ0) is 15.2. The smallest absolute Gasteiger partial charge is 0.141 e. The van der Waals surface area contributed by atoms with Crippen molar-refractivity contribution >= 4 is 22.4 Å². The molecule has 0 aliphatic carbocycles. The van der Waals surface area contributed by atoms with Crippen molar-refractivity contribution in [2.45, 2.75) is 0 Å². The number of anilines is 2. The zero-order valence-electron chi connectivity index (χ0n) is 12.3. The van der Waals surface area contributed by atoms with Crippen LogP contribution in [-0.4, -0.2) is 30.3 Å². The molecule has 112 valence electrons. The van der Waals surface area contributed by atoms with E-state index in [-0.39, 0.29) is 0 Å². The van der Waals surface area contributed by atoms with Gasteiger partial charge >= 0.3 is 0 Å². The molecular formula is C17H17N3O2. The summed E-state index contributed by atoms with van der Waals surface area (Å²) in [5.41, 5.74) is 1.86. The van der Waals surface area contributed by atoms with E-state index in [1.807, 2.05) is 48.5 Å². The van der Waals surface area contributed by atoms with Crippen LogP contribution in [-0.2, 0) is 4.74 Å². The van der Waals surface area contributed by atoms with E-state index in [0.717, 1.165) is 28.2 Å². The van der Waals surface area contributed by atoms with Crippen molar-refractivity contribution in [2.75, 3.05) is 25.6 Å². The van der Waals surface area contributed by atoms with Crippen LogP contribution >= 0.6 is 0 Å². The highest BCUT2D eigenvalue weighted by molar-refractivity contribution is 5.90. The lowest BCUT2D eigenvalue weighted by Crippen LogP contribution is -2.04. The van der Waals surface area contributed by atoms with Crippen molar-refractivity contribution in [1.82, 2.24) is 9.97 Å². The summed E-state index contributed by atoms with van der Waals surface area (Å²) in [4.78, 5) is 8.57. The molecule has 0 spiro atoms. The van der Waals surface area contributed by atoms with Gasteiger partial charge in [0, 0.05) is 18.2 Å². The van der Waals surface area contributed by atoms with Crippen LogP contribution in [0.15, 0.2) is 54.9 Å². The van der Waals surface area contributed by atoms with Crippen LogP contribution in [0.2, 0.25) is 0 Å². The highest BCUT2D eigenvalue weighted by atomic mass is 16.5. The van der Waals surface area contributed by atoms with Gasteiger partial charge in [0.05, 0.1) is 12.1 Å². The van der Waals surface area contributed by atoms with Gasteiger partial charge in [-0.2, -0.15) is 0 Å². The molecule has 1 N–H and O–H groups in total. The van der Waals surface area contributed by atoms with Crippen molar-refractivity contribution in [3.8, 4) is 5.75 Å². The molecule has 0 unspecified atom stereocenters. The number of nitrogens with one attached hydrogen (secondary N) is 1. The highest BCUT2D eigenvalue weighted by Crippen LogP contribution is 2.24. The lowest BCUT2D eigenvalue weighted by molar-refractivity contribution is 0.146. The van der Waals surface area contributed by atoms with E-state index in [1.54, 1.807) is 13.4 Å². The van der Waals surface area contributed by atoms with E-state index in [4.69, 9.17) is 9.47 Å². The third-order valence-electron chi connectivity index (χ3n) is 3.22. The number of hydrogen-bond donors (Lipinski definition) is 1. The molecule has 0 aliphatic heterocycles. The number of rotatable bonds is 6. The second kappa shape index (κ2) is 6.87. The molecule has 0 amide bonds. The largest absolute Gasteiger partial charge is 0.491 e. The summed E-state index contributed by atoms with van der Waals surface area (Å²) >= 11 is 0. The van der Waals surface area contributed by atoms with Crippen LogP contribution in [0.5, 0.6) is 5.75 Å². The van der Waals surface area contributed by atoms with Gasteiger partial charge in [-0.25, -0.2) is 9.97 Å². The summed E-state index contributed by atoms with van der Waals surface area (Å²) in [7, 11) is 1.66. The summed E-state index contributed by atoms with van der Waals surface area (Å²) in [6, 6.07) is 15.7. The van der Waals surface area contributed by atoms with E-state index < -0.39 is 0 Å². The molecule has 0 atom stereocenters. The van der Waals surface area contributed by atoms with Gasteiger partial charge in [-0.15, -0.1) is 0 Å². The lowest BCUT2D eigenvalue weighted by Gasteiger charge is -2.09. The number of methoxy groups -OCH3 is 1. The maximum atomic E-state index is 5.54. The molecule has 5 nitrogen and oxygen atoms in total. The fraction of sp³-hybridized carbons (Fsp3) is 0.176. The van der Waals surface area contributed by atoms with Crippen molar-refractivity contribution in [3.63, 3.8) is 0 Å². The zero-order valence-corrected chi connectivity index (χ0v) is 12.3. The Hall–Kier alpha value is -2.66. The highest BCUT2D eigenvalue weighted by Gasteiger charge is 2.03. The number of fused-ring (bicyclic) bond motifs is 1. The predicted molar refractivity (Wildman–Crippen MR) is 86.6 cm³/mol. The van der Waals surface area contributed by atoms with Crippen LogP contribution in [0.4, 0.5) is 11.5 Å². The normalized spacial score (nSPS) is 10.6. The third kappa shape index (κ3) is 3.32. The van der Waals surface area contributed by atoms with E-state index in [9.17, 15) is 0 Å². The third-order valence-corrected chi connectivity index (χ3v) is 3.22. The van der Waals surface area contributed by atoms with Crippen molar-refractivity contribution in [1.29, 1.82) is 0 Å². The van der Waals surface area contributed by atoms with Gasteiger partial charge in [-0.3, -0.25) is 0 Å². The second-order valence-electron chi connectivity index (χ2n) is 4.73. The van der Waals surface area contributed by atoms with Gasteiger partial charge in [-0.05, 0) is 36.4 Å². The Morgan fingerprint density at radius 1 is 0.955 bits per heavy atom. The molecule has 1 aromatic heterocycles. The van der Waals surface area contributed by atoms with Gasteiger partial charge in [0.2, 0.25) is 0 Å². The molecule has 0 aliphatic rings. The SMILES string of the molecule is COCCOc1ccc(Nc2ncnc3ccccc23)cc1. The average Bonchev–Trinajstić information content (AvgIpc) is 2.57. The Kier molecular flexibility index (Phi) is 4.46. The van der Waals surface area contributed by atoms with Gasteiger partial charge < -0.3 is 14.8 Å². The molecule has 2 aromatic carbocycles. The maximum Gasteiger partial charge on any atom is 0.141 e. The van der Waals surface area contributed by atoms with Crippen molar-refractivity contribution in [2.24, 2.45) is 0 Å². The van der Waals surface area contributed by atoms with E-state index in [2.05, 4.69) is 15.3 Å². The summed E-state index contributed by atoms with van der Waals surface area (Å²) in [6.45, 7) is 1.12. The first-order chi connectivity index (χ1) is 10.9. The standard InChI is InChI=1S/C17H17N3O2/c1-21-10-11-22-14-8-6-13(7-9-14)20-17-15-4-2-3-5-16(15)18-12-19-17/h2-9,12H,10-11H2,1H3,(H,18,19,20). The quantitative estimate of drug-likeness (QED) is 0.706. The minimum absolute atomic E-state index is 0.541. The van der Waals surface area contributed by atoms with Gasteiger partial charge in [0.1, 0.15) is 24.5 Å². The van der Waals surface area contributed by atoms with Crippen LogP contribution in [0.3, 0.4) is 0 Å². The molecule has 5 heteroatoms. The maximum absolute atomic E-state index is 5.54. The molecule has 0 saturated heterocycles. The monoisotopic (exact) mass is 295 g/mol. The number of aromatic nitrogens is 2. The molecule has 3 rings (SSSR count). The molecule has 0 fully saturated rings. The van der Waals surface area contributed by atoms with E-state index in [1.165, 1.54) is 0 Å². The lowest BCUT2D eigenvalue weighted by atomic mass is 10.2. The molecular weight excluding hydrogens is 278 g/mol. The molecule has 22 heavy (non-hydrogen) atoms. The van der Waals surface area contributed by atoms with Crippen LogP contribution in [0.1, 0.15) is 0 Å². The number of benzene rings is 2. The average molecular weight is 295 g/mol. The fourth-order valence-electron chi connectivity index (χ4n) is 2.12. The van der Waals surface area contributed by atoms with Gasteiger partial charge in [-0.1, -0.05) is 12.1 Å². The van der Waals surface area contributed by atoms with Crippen molar-refractivity contribution < 1.29 is 9.47 Å². The summed E-state index contributed by atoms with van der Waals surface area (Å²) < 4.78 is 10.5.